The quantitative estimate of drug-likeness (QED) is 0.812. The zero-order chi connectivity index (χ0) is 11.6. The number of imidazole rings is 1. The molecule has 0 aliphatic heterocycles. The van der Waals surface area contributed by atoms with Crippen LogP contribution in [0.15, 0.2) is 36.8 Å². The van der Waals surface area contributed by atoms with E-state index in [4.69, 9.17) is 0 Å². The van der Waals surface area contributed by atoms with Crippen LogP contribution in [0, 0.1) is 5.41 Å². The fourth-order valence-corrected chi connectivity index (χ4v) is 1.83. The molecule has 0 amide bonds. The fraction of sp³-hybridized carbons (Fsp3) is 0.357. The second-order valence-electron chi connectivity index (χ2n) is 5.40. The highest BCUT2D eigenvalue weighted by molar-refractivity contribution is 5.58. The molecule has 0 fully saturated rings. The van der Waals surface area contributed by atoms with E-state index < -0.39 is 0 Å². The van der Waals surface area contributed by atoms with Gasteiger partial charge in [-0.1, -0.05) is 45.0 Å². The first-order valence-electron chi connectivity index (χ1n) is 5.62. The van der Waals surface area contributed by atoms with Crippen LogP contribution in [0.4, 0.5) is 0 Å². The highest BCUT2D eigenvalue weighted by Crippen LogP contribution is 2.22. The Morgan fingerprint density at radius 2 is 1.81 bits per heavy atom. The first-order chi connectivity index (χ1) is 7.54. The van der Waals surface area contributed by atoms with Crippen molar-refractivity contribution < 1.29 is 0 Å². The Morgan fingerprint density at radius 3 is 2.31 bits per heavy atom. The first kappa shape index (κ1) is 10.9. The minimum Gasteiger partial charge on any atom is -0.345 e. The molecule has 0 aliphatic carbocycles. The van der Waals surface area contributed by atoms with Crippen molar-refractivity contribution >= 4 is 0 Å². The van der Waals surface area contributed by atoms with Gasteiger partial charge in [0.15, 0.2) is 0 Å². The van der Waals surface area contributed by atoms with Crippen LogP contribution in [-0.2, 0) is 6.42 Å². The Bertz CT molecular complexity index is 433. The summed E-state index contributed by atoms with van der Waals surface area (Å²) in [5.41, 5.74) is 3.99. The van der Waals surface area contributed by atoms with Gasteiger partial charge in [-0.2, -0.15) is 0 Å². The highest BCUT2D eigenvalue weighted by Gasteiger charge is 2.11. The van der Waals surface area contributed by atoms with Crippen LogP contribution in [0.3, 0.4) is 0 Å². The Hall–Kier alpha value is -1.57. The van der Waals surface area contributed by atoms with Crippen LogP contribution < -0.4 is 0 Å². The number of hydrogen-bond donors (Lipinski definition) is 1. The zero-order valence-corrected chi connectivity index (χ0v) is 10.1. The van der Waals surface area contributed by atoms with E-state index >= 15 is 0 Å². The van der Waals surface area contributed by atoms with Gasteiger partial charge in [-0.15, -0.1) is 0 Å². The Kier molecular flexibility index (Phi) is 2.82. The van der Waals surface area contributed by atoms with Gasteiger partial charge in [0.25, 0.3) is 0 Å². The van der Waals surface area contributed by atoms with Gasteiger partial charge in [0.05, 0.1) is 18.2 Å². The van der Waals surface area contributed by atoms with Gasteiger partial charge in [-0.3, -0.25) is 0 Å². The predicted octanol–water partition coefficient (Wildman–Crippen LogP) is 3.67. The molecule has 0 radical (unpaired) electrons. The second-order valence-corrected chi connectivity index (χ2v) is 5.40. The van der Waals surface area contributed by atoms with E-state index in [-0.39, 0.29) is 0 Å². The van der Waals surface area contributed by atoms with Crippen molar-refractivity contribution in [3.05, 3.63) is 42.4 Å². The number of H-pyrrole nitrogens is 1. The maximum atomic E-state index is 4.02. The predicted molar refractivity (Wildman–Crippen MR) is 67.2 cm³/mol. The molecule has 84 valence electrons. The summed E-state index contributed by atoms with van der Waals surface area (Å²) in [6, 6.07) is 8.69. The van der Waals surface area contributed by atoms with E-state index in [1.165, 1.54) is 11.1 Å². The van der Waals surface area contributed by atoms with Crippen molar-refractivity contribution in [2.75, 3.05) is 0 Å². The fourth-order valence-electron chi connectivity index (χ4n) is 1.83. The Balaban J connectivity index is 2.17. The van der Waals surface area contributed by atoms with Crippen molar-refractivity contribution in [2.45, 2.75) is 27.2 Å². The van der Waals surface area contributed by atoms with Crippen molar-refractivity contribution in [3.63, 3.8) is 0 Å². The largest absolute Gasteiger partial charge is 0.345 e. The number of nitrogens with zero attached hydrogens (tertiary/aromatic N) is 1. The molecular formula is C14H18N2. The van der Waals surface area contributed by atoms with Crippen LogP contribution in [0.1, 0.15) is 26.3 Å². The molecular weight excluding hydrogens is 196 g/mol. The molecule has 0 aliphatic rings. The van der Waals surface area contributed by atoms with E-state index in [0.29, 0.717) is 5.41 Å². The topological polar surface area (TPSA) is 28.7 Å². The normalized spacial score (nSPS) is 11.7. The van der Waals surface area contributed by atoms with Crippen LogP contribution in [0.5, 0.6) is 0 Å². The third kappa shape index (κ3) is 2.72. The van der Waals surface area contributed by atoms with Crippen molar-refractivity contribution in [1.29, 1.82) is 0 Å². The van der Waals surface area contributed by atoms with Gasteiger partial charge < -0.3 is 4.98 Å². The van der Waals surface area contributed by atoms with E-state index in [2.05, 4.69) is 55.0 Å². The summed E-state index contributed by atoms with van der Waals surface area (Å²) >= 11 is 0. The third-order valence-corrected chi connectivity index (χ3v) is 2.50. The van der Waals surface area contributed by atoms with E-state index in [1.54, 1.807) is 6.33 Å². The average molecular weight is 214 g/mol. The molecule has 1 heterocycles. The molecule has 0 saturated carbocycles. The van der Waals surface area contributed by atoms with E-state index in [0.717, 1.165) is 12.1 Å². The van der Waals surface area contributed by atoms with Gasteiger partial charge in [0.1, 0.15) is 0 Å². The average Bonchev–Trinajstić information content (AvgIpc) is 2.69. The molecule has 0 unspecified atom stereocenters. The minimum absolute atomic E-state index is 0.343. The van der Waals surface area contributed by atoms with Gasteiger partial charge in [0.2, 0.25) is 0 Å². The lowest BCUT2D eigenvalue weighted by Gasteiger charge is -2.18. The molecule has 0 spiro atoms. The number of benzene rings is 1. The molecule has 0 bridgehead atoms. The summed E-state index contributed by atoms with van der Waals surface area (Å²) in [7, 11) is 0. The van der Waals surface area contributed by atoms with Crippen molar-refractivity contribution in [1.82, 2.24) is 9.97 Å². The molecule has 1 aromatic carbocycles. The van der Waals surface area contributed by atoms with E-state index in [1.807, 2.05) is 6.20 Å². The lowest BCUT2D eigenvalue weighted by molar-refractivity contribution is 0.411. The van der Waals surface area contributed by atoms with Crippen LogP contribution >= 0.6 is 0 Å². The zero-order valence-electron chi connectivity index (χ0n) is 10.1. The number of rotatable bonds is 2. The SMILES string of the molecule is CC(C)(C)Cc1ccc(-c2cnc[nH]2)cc1. The molecule has 2 rings (SSSR count). The summed E-state index contributed by atoms with van der Waals surface area (Å²) < 4.78 is 0. The van der Waals surface area contributed by atoms with Gasteiger partial charge in [-0.25, -0.2) is 4.98 Å². The summed E-state index contributed by atoms with van der Waals surface area (Å²) in [4.78, 5) is 7.13. The van der Waals surface area contributed by atoms with Crippen LogP contribution in [0.25, 0.3) is 11.3 Å². The number of aromatic nitrogens is 2. The van der Waals surface area contributed by atoms with Gasteiger partial charge in [-0.05, 0) is 23.0 Å². The van der Waals surface area contributed by atoms with Gasteiger partial charge in [0, 0.05) is 0 Å². The molecule has 2 aromatic rings. The van der Waals surface area contributed by atoms with Gasteiger partial charge >= 0.3 is 0 Å². The highest BCUT2D eigenvalue weighted by atomic mass is 14.9. The maximum absolute atomic E-state index is 4.02. The lowest BCUT2D eigenvalue weighted by Crippen LogP contribution is -2.08. The lowest BCUT2D eigenvalue weighted by atomic mass is 9.88. The molecule has 0 atom stereocenters. The molecule has 1 N–H and O–H groups in total. The molecule has 1 aromatic heterocycles. The number of hydrogen-bond acceptors (Lipinski definition) is 1. The molecule has 16 heavy (non-hydrogen) atoms. The maximum Gasteiger partial charge on any atom is 0.0924 e. The summed E-state index contributed by atoms with van der Waals surface area (Å²) in [6.45, 7) is 6.78. The van der Waals surface area contributed by atoms with E-state index in [9.17, 15) is 0 Å². The van der Waals surface area contributed by atoms with Crippen LogP contribution in [-0.4, -0.2) is 9.97 Å². The Labute approximate surface area is 96.7 Å². The smallest absolute Gasteiger partial charge is 0.0924 e. The monoisotopic (exact) mass is 214 g/mol. The van der Waals surface area contributed by atoms with Crippen LogP contribution in [0.2, 0.25) is 0 Å². The summed E-state index contributed by atoms with van der Waals surface area (Å²) in [5, 5.41) is 0. The first-order valence-corrected chi connectivity index (χ1v) is 5.62. The minimum atomic E-state index is 0.343. The second kappa shape index (κ2) is 4.12. The Morgan fingerprint density at radius 1 is 1.12 bits per heavy atom. The number of nitrogens with one attached hydrogen (secondary N) is 1. The molecule has 2 nitrogen and oxygen atoms in total. The van der Waals surface area contributed by atoms with Crippen molar-refractivity contribution in [2.24, 2.45) is 5.41 Å². The van der Waals surface area contributed by atoms with Crippen molar-refractivity contribution in [3.8, 4) is 11.3 Å². The summed E-state index contributed by atoms with van der Waals surface area (Å²) in [5.74, 6) is 0. The summed E-state index contributed by atoms with van der Waals surface area (Å²) in [6.07, 6.45) is 4.66. The standard InChI is InChI=1S/C14H18N2/c1-14(2,3)8-11-4-6-12(7-5-11)13-9-15-10-16-13/h4-7,9-10H,8H2,1-3H3,(H,15,16). The third-order valence-electron chi connectivity index (χ3n) is 2.50. The molecule has 0 saturated heterocycles. The number of aromatic amines is 1. The molecule has 2 heteroatoms.